The van der Waals surface area contributed by atoms with E-state index in [1.54, 1.807) is 47.6 Å². The van der Waals surface area contributed by atoms with E-state index in [0.29, 0.717) is 51.9 Å². The van der Waals surface area contributed by atoms with E-state index >= 15 is 4.39 Å². The summed E-state index contributed by atoms with van der Waals surface area (Å²) in [6, 6.07) is 14.5. The predicted octanol–water partition coefficient (Wildman–Crippen LogP) is 4.50. The number of benzene rings is 3. The predicted molar refractivity (Wildman–Crippen MR) is 323 cm³/mol. The van der Waals surface area contributed by atoms with E-state index in [4.69, 9.17) is 47.6 Å². The van der Waals surface area contributed by atoms with Gasteiger partial charge in [-0.15, -0.1) is 0 Å². The maximum atomic E-state index is 15.7. The summed E-state index contributed by atoms with van der Waals surface area (Å²) in [5.74, 6) is -8.76. The standard InChI is InChI=1S/C66H73FN6O20/c1-11-66(84)43-22-48-52-40(24-73(48)59(79)42(43)26-88-63(66)82)50-45(21-20-35-31(4)44(67)23-46(69-52)49(35)50)71-62(81)65(8,9)28-86-29-68-57(77)47(27-87-61-56(92-34(7)76)54(91-33(6)75)53(90-32(5)74)55(93-61)60(80)85-10)70-58(78)51(30(2)3)72-64(83)89-25-41-38-18-14-12-16-36(38)37-17-13-15-19-39(37)41/h12-19,22-23,30,41,45,47,51,53-56,61,84H,11,20-21,24-29H2,1-10H3,(H,68,77)(H,70,78)(H,71,81)(H,72,83)/t45-,47-,51-,53-,54-,55-,56+,61+,66-/m0/s1. The summed E-state index contributed by atoms with van der Waals surface area (Å²) in [5.41, 5.74) is 3.31. The number of carbonyl (C=O) groups is 9. The summed E-state index contributed by atoms with van der Waals surface area (Å²) < 4.78 is 67.4. The molecule has 3 aliphatic heterocycles. The van der Waals surface area contributed by atoms with Gasteiger partial charge < -0.3 is 73.6 Å². The lowest BCUT2D eigenvalue weighted by Crippen LogP contribution is -2.64. The van der Waals surface area contributed by atoms with Crippen molar-refractivity contribution in [2.24, 2.45) is 11.3 Å². The highest BCUT2D eigenvalue weighted by Gasteiger charge is 2.56. The second-order valence-corrected chi connectivity index (χ2v) is 24.6. The molecule has 4 amide bonds. The lowest BCUT2D eigenvalue weighted by atomic mass is 9.81. The van der Waals surface area contributed by atoms with Crippen molar-refractivity contribution in [2.75, 3.05) is 33.7 Å². The Hall–Kier alpha value is -9.18. The highest BCUT2D eigenvalue weighted by molar-refractivity contribution is 5.95. The third-order valence-corrected chi connectivity index (χ3v) is 17.6. The van der Waals surface area contributed by atoms with Gasteiger partial charge in [0.25, 0.3) is 5.56 Å². The van der Waals surface area contributed by atoms with Gasteiger partial charge in [-0.25, -0.2) is 23.8 Å². The molecule has 0 radical (unpaired) electrons. The van der Waals surface area contributed by atoms with E-state index in [2.05, 4.69) is 21.3 Å². The first-order chi connectivity index (χ1) is 44.2. The fourth-order valence-electron chi connectivity index (χ4n) is 12.8. The minimum atomic E-state index is -2.10. The second-order valence-electron chi connectivity index (χ2n) is 24.6. The number of ether oxygens (including phenoxy) is 9. The molecule has 0 spiro atoms. The summed E-state index contributed by atoms with van der Waals surface area (Å²) in [6.07, 6.45) is -9.46. The van der Waals surface area contributed by atoms with Gasteiger partial charge in [-0.2, -0.15) is 0 Å². The Morgan fingerprint density at radius 1 is 0.860 bits per heavy atom. The Balaban J connectivity index is 0.868. The number of carbonyl (C=O) groups excluding carboxylic acids is 9. The average molecular weight is 1290 g/mol. The van der Waals surface area contributed by atoms with Crippen LogP contribution in [-0.2, 0) is 106 Å². The first-order valence-corrected chi connectivity index (χ1v) is 30.4. The van der Waals surface area contributed by atoms with Gasteiger partial charge in [-0.3, -0.25) is 33.6 Å². The van der Waals surface area contributed by atoms with Crippen molar-refractivity contribution < 1.29 is 95.3 Å². The van der Waals surface area contributed by atoms with Crippen molar-refractivity contribution in [1.82, 2.24) is 30.8 Å². The van der Waals surface area contributed by atoms with Crippen molar-refractivity contribution in [3.05, 3.63) is 121 Å². The summed E-state index contributed by atoms with van der Waals surface area (Å²) in [7, 11) is 0.996. The molecule has 9 atom stereocenters. The van der Waals surface area contributed by atoms with Crippen LogP contribution in [-0.4, -0.2) is 145 Å². The molecule has 2 aliphatic carbocycles. The van der Waals surface area contributed by atoms with E-state index in [1.807, 2.05) is 48.5 Å². The Kier molecular flexibility index (Phi) is 19.2. The molecule has 3 aromatic carbocycles. The second kappa shape index (κ2) is 26.8. The number of methoxy groups -OCH3 is 1. The Morgan fingerprint density at radius 3 is 2.14 bits per heavy atom. The topological polar surface area (TPSA) is 340 Å². The number of aromatic nitrogens is 2. The van der Waals surface area contributed by atoms with Crippen LogP contribution in [0.4, 0.5) is 9.18 Å². The summed E-state index contributed by atoms with van der Waals surface area (Å²) >= 11 is 0. The molecule has 10 rings (SSSR count). The van der Waals surface area contributed by atoms with Gasteiger partial charge >= 0.3 is 35.9 Å². The van der Waals surface area contributed by atoms with Crippen LogP contribution in [0.2, 0.25) is 0 Å². The molecule has 5 aromatic rings. The fraction of sp³-hybridized carbons (Fsp3) is 0.470. The smallest absolute Gasteiger partial charge is 0.407 e. The van der Waals surface area contributed by atoms with Crippen LogP contribution in [0.5, 0.6) is 0 Å². The van der Waals surface area contributed by atoms with E-state index in [-0.39, 0.29) is 55.3 Å². The molecule has 93 heavy (non-hydrogen) atoms. The zero-order chi connectivity index (χ0) is 67.1. The lowest BCUT2D eigenvalue weighted by molar-refractivity contribution is -0.302. The quantitative estimate of drug-likeness (QED) is 0.0286. The number of pyridine rings is 2. The van der Waals surface area contributed by atoms with E-state index in [0.717, 1.165) is 50.1 Å². The number of alkyl carbamates (subject to hydrolysis) is 1. The van der Waals surface area contributed by atoms with Crippen molar-refractivity contribution in [1.29, 1.82) is 0 Å². The number of aliphatic hydroxyl groups is 1. The van der Waals surface area contributed by atoms with Gasteiger partial charge in [0.1, 0.15) is 37.8 Å². The maximum absolute atomic E-state index is 15.7. The molecule has 0 saturated carbocycles. The zero-order valence-corrected chi connectivity index (χ0v) is 52.9. The van der Waals surface area contributed by atoms with E-state index in [9.17, 15) is 53.1 Å². The van der Waals surface area contributed by atoms with Crippen molar-refractivity contribution in [2.45, 2.75) is 155 Å². The van der Waals surface area contributed by atoms with E-state index < -0.39 is 144 Å². The molecular formula is C66H73FN6O20. The molecule has 1 saturated heterocycles. The van der Waals surface area contributed by atoms with E-state index in [1.165, 1.54) is 10.6 Å². The molecule has 0 bridgehead atoms. The monoisotopic (exact) mass is 1290 g/mol. The van der Waals surface area contributed by atoms with Crippen molar-refractivity contribution in [3.8, 4) is 22.5 Å². The molecule has 0 unspecified atom stereocenters. The molecule has 2 aromatic heterocycles. The lowest BCUT2D eigenvalue weighted by Gasteiger charge is -2.43. The Labute approximate surface area is 532 Å². The Morgan fingerprint density at radius 2 is 1.51 bits per heavy atom. The number of hydrogen-bond donors (Lipinski definition) is 5. The largest absolute Gasteiger partial charge is 0.467 e. The highest BCUT2D eigenvalue weighted by atomic mass is 19.1. The van der Waals surface area contributed by atoms with Gasteiger partial charge in [0.15, 0.2) is 36.3 Å². The molecule has 27 heteroatoms. The van der Waals surface area contributed by atoms with Crippen LogP contribution in [0.25, 0.3) is 33.4 Å². The molecule has 5 N–H and O–H groups in total. The number of hydrogen-bond acceptors (Lipinski definition) is 21. The normalized spacial score (nSPS) is 21.5. The van der Waals surface area contributed by atoms with Crippen LogP contribution >= 0.6 is 0 Å². The third kappa shape index (κ3) is 13.0. The SMILES string of the molecule is CC[C@@]1(O)C(=O)OCc2c1cc1n(c2=O)Cc2c-1nc1cc(F)c(C)c3c1c2[C@@H](NC(=O)C(C)(C)COCNC(=O)[C@H](CO[C@@H]1O[C@H](C(=O)OC)[C@@H](OC(C)=O)[C@H](OC(C)=O)[C@H]1OC(C)=O)NC(=O)[C@@H](NC(=O)OCC1c2ccccc2-c2ccccc21)C(C)C)CC3. The van der Waals surface area contributed by atoms with Gasteiger partial charge in [0.2, 0.25) is 17.7 Å². The number of aryl methyl sites for hydroxylation is 1. The molecule has 1 fully saturated rings. The third-order valence-electron chi connectivity index (χ3n) is 17.6. The number of nitrogens with zero attached hydrogens (tertiary/aromatic N) is 2. The first-order valence-electron chi connectivity index (χ1n) is 30.4. The molecule has 494 valence electrons. The van der Waals surface area contributed by atoms with Crippen LogP contribution in [0.1, 0.15) is 125 Å². The van der Waals surface area contributed by atoms with Crippen LogP contribution in [0, 0.1) is 24.1 Å². The van der Waals surface area contributed by atoms with Crippen molar-refractivity contribution in [3.63, 3.8) is 0 Å². The number of amides is 4. The minimum absolute atomic E-state index is 0.00149. The molecule has 26 nitrogen and oxygen atoms in total. The molecular weight excluding hydrogens is 1220 g/mol. The number of fused-ring (bicyclic) bond motifs is 8. The molecule has 5 aliphatic rings. The highest BCUT2D eigenvalue weighted by Crippen LogP contribution is 2.47. The summed E-state index contributed by atoms with van der Waals surface area (Å²) in [5, 5.41) is 23.0. The maximum Gasteiger partial charge on any atom is 0.407 e. The first kappa shape index (κ1) is 66.7. The number of rotatable bonds is 21. The number of cyclic esters (lactones) is 1. The summed E-state index contributed by atoms with van der Waals surface area (Å²) in [4.78, 5) is 140. The average Bonchev–Trinajstić information content (AvgIpc) is 1.63. The molecule has 5 heterocycles. The zero-order valence-electron chi connectivity index (χ0n) is 52.9. The Bertz CT molecular complexity index is 3900. The number of esters is 5. The number of halogens is 1. The van der Waals surface area contributed by atoms with Gasteiger partial charge in [0, 0.05) is 49.3 Å². The van der Waals surface area contributed by atoms with Crippen LogP contribution < -0.4 is 26.8 Å². The summed E-state index contributed by atoms with van der Waals surface area (Å²) in [6.45, 7) is 10.5. The van der Waals surface area contributed by atoms with Crippen molar-refractivity contribution >= 4 is 64.6 Å². The van der Waals surface area contributed by atoms with Crippen LogP contribution in [0.15, 0.2) is 65.5 Å². The van der Waals surface area contributed by atoms with Gasteiger partial charge in [-0.1, -0.05) is 69.3 Å². The fourth-order valence-corrected chi connectivity index (χ4v) is 12.8. The number of nitrogens with one attached hydrogen (secondary N) is 4. The van der Waals surface area contributed by atoms with Crippen LogP contribution in [0.3, 0.4) is 0 Å². The van der Waals surface area contributed by atoms with Gasteiger partial charge in [0.05, 0.1) is 60.8 Å². The minimum Gasteiger partial charge on any atom is -0.467 e. The van der Waals surface area contributed by atoms with Gasteiger partial charge in [-0.05, 0) is 91.0 Å².